The molecule has 0 aromatic heterocycles. The monoisotopic (exact) mass is 339 g/mol. The maximum Gasteiger partial charge on any atom is 0.191 e. The van der Waals surface area contributed by atoms with E-state index in [0.29, 0.717) is 18.7 Å². The molecule has 0 unspecified atom stereocenters. The summed E-state index contributed by atoms with van der Waals surface area (Å²) in [6, 6.07) is 5.54. The van der Waals surface area contributed by atoms with E-state index >= 15 is 0 Å². The molecule has 3 N–H and O–H groups in total. The van der Waals surface area contributed by atoms with Gasteiger partial charge in [0.15, 0.2) is 17.5 Å². The number of aliphatic imine (C=N–C) groups is 1. The zero-order valence-electron chi connectivity index (χ0n) is 14.8. The molecule has 1 rings (SSSR count). The Morgan fingerprint density at radius 1 is 1.35 bits per heavy atom. The van der Waals surface area contributed by atoms with Crippen LogP contribution in [0.15, 0.2) is 23.2 Å². The molecule has 0 spiro atoms. The number of methoxy groups -OCH3 is 1. The zero-order valence-corrected chi connectivity index (χ0v) is 15.6. The number of thioether (sulfide) groups is 1. The molecule has 130 valence electrons. The van der Waals surface area contributed by atoms with Gasteiger partial charge in [0.25, 0.3) is 0 Å². The Balaban J connectivity index is 2.61. The van der Waals surface area contributed by atoms with E-state index < -0.39 is 0 Å². The van der Waals surface area contributed by atoms with E-state index in [-0.39, 0.29) is 10.5 Å². The number of aromatic hydroxyl groups is 1. The molecule has 23 heavy (non-hydrogen) atoms. The third-order valence-electron chi connectivity index (χ3n) is 3.50. The Morgan fingerprint density at radius 2 is 2.09 bits per heavy atom. The van der Waals surface area contributed by atoms with Gasteiger partial charge in [-0.15, -0.1) is 0 Å². The van der Waals surface area contributed by atoms with Gasteiger partial charge in [0.1, 0.15) is 0 Å². The Kier molecular flexibility index (Phi) is 8.09. The molecule has 0 aliphatic heterocycles. The minimum absolute atomic E-state index is 0.118. The SMILES string of the molecule is CCNC(=NCC(C)(C)SC)NCCc1cccc(OC)c1O. The topological polar surface area (TPSA) is 65.9 Å². The van der Waals surface area contributed by atoms with Gasteiger partial charge in [-0.25, -0.2) is 0 Å². The van der Waals surface area contributed by atoms with Crippen molar-refractivity contribution in [3.05, 3.63) is 23.8 Å². The van der Waals surface area contributed by atoms with Gasteiger partial charge in [0.2, 0.25) is 0 Å². The summed E-state index contributed by atoms with van der Waals surface area (Å²) in [4.78, 5) is 4.63. The predicted octanol–water partition coefficient (Wildman–Crippen LogP) is 2.64. The van der Waals surface area contributed by atoms with Gasteiger partial charge >= 0.3 is 0 Å². The Morgan fingerprint density at radius 3 is 2.70 bits per heavy atom. The van der Waals surface area contributed by atoms with E-state index in [4.69, 9.17) is 4.74 Å². The van der Waals surface area contributed by atoms with E-state index in [1.54, 1.807) is 24.9 Å². The number of hydrogen-bond acceptors (Lipinski definition) is 4. The molecule has 0 bridgehead atoms. The number of benzene rings is 1. The number of guanidine groups is 1. The van der Waals surface area contributed by atoms with Gasteiger partial charge in [-0.3, -0.25) is 4.99 Å². The molecule has 1 aromatic rings. The average molecular weight is 340 g/mol. The van der Waals surface area contributed by atoms with Crippen molar-refractivity contribution in [2.45, 2.75) is 31.9 Å². The van der Waals surface area contributed by atoms with Crippen LogP contribution in [0, 0.1) is 0 Å². The molecule has 0 saturated carbocycles. The van der Waals surface area contributed by atoms with E-state index in [2.05, 4.69) is 35.7 Å². The third kappa shape index (κ3) is 6.60. The minimum Gasteiger partial charge on any atom is -0.504 e. The molecule has 0 atom stereocenters. The normalized spacial score (nSPS) is 12.1. The quantitative estimate of drug-likeness (QED) is 0.502. The highest BCUT2D eigenvalue weighted by Crippen LogP contribution is 2.29. The molecular formula is C17H29N3O2S. The fourth-order valence-corrected chi connectivity index (χ4v) is 2.12. The van der Waals surface area contributed by atoms with Crippen LogP contribution in [0.25, 0.3) is 0 Å². The highest BCUT2D eigenvalue weighted by atomic mass is 32.2. The predicted molar refractivity (Wildman–Crippen MR) is 99.9 cm³/mol. The van der Waals surface area contributed by atoms with Gasteiger partial charge in [0, 0.05) is 17.8 Å². The molecule has 0 aliphatic carbocycles. The lowest BCUT2D eigenvalue weighted by molar-refractivity contribution is 0.370. The summed E-state index contributed by atoms with van der Waals surface area (Å²) in [5.74, 6) is 1.52. The van der Waals surface area contributed by atoms with Crippen LogP contribution in [0.4, 0.5) is 0 Å². The maximum absolute atomic E-state index is 10.1. The van der Waals surface area contributed by atoms with Crippen molar-refractivity contribution in [3.8, 4) is 11.5 Å². The summed E-state index contributed by atoms with van der Waals surface area (Å²) in [5.41, 5.74) is 0.858. The first kappa shape index (κ1) is 19.5. The molecule has 0 heterocycles. The van der Waals surface area contributed by atoms with Gasteiger partial charge in [0.05, 0.1) is 13.7 Å². The van der Waals surface area contributed by atoms with Gasteiger partial charge in [-0.05, 0) is 45.1 Å². The lowest BCUT2D eigenvalue weighted by Gasteiger charge is -2.20. The van der Waals surface area contributed by atoms with Crippen molar-refractivity contribution >= 4 is 17.7 Å². The molecule has 0 fully saturated rings. The van der Waals surface area contributed by atoms with E-state index in [1.807, 2.05) is 19.1 Å². The number of nitrogens with one attached hydrogen (secondary N) is 2. The first-order valence-electron chi connectivity index (χ1n) is 7.85. The second kappa shape index (κ2) is 9.55. The van der Waals surface area contributed by atoms with Crippen LogP contribution in [0.5, 0.6) is 11.5 Å². The van der Waals surface area contributed by atoms with Crippen molar-refractivity contribution in [2.24, 2.45) is 4.99 Å². The number of rotatable bonds is 8. The summed E-state index contributed by atoms with van der Waals surface area (Å²) in [5, 5.41) is 16.7. The fraction of sp³-hybridized carbons (Fsp3) is 0.588. The molecule has 5 nitrogen and oxygen atoms in total. The Bertz CT molecular complexity index is 519. The van der Waals surface area contributed by atoms with E-state index in [1.165, 1.54) is 0 Å². The standard InChI is InChI=1S/C17H29N3O2S/c1-6-18-16(20-12-17(2,3)23-5)19-11-10-13-8-7-9-14(22-4)15(13)21/h7-9,21H,6,10-12H2,1-5H3,(H2,18,19,20). The number of phenols is 1. The van der Waals surface area contributed by atoms with Gasteiger partial charge < -0.3 is 20.5 Å². The van der Waals surface area contributed by atoms with Crippen LogP contribution in [0.1, 0.15) is 26.3 Å². The zero-order chi connectivity index (χ0) is 17.3. The van der Waals surface area contributed by atoms with Crippen molar-refractivity contribution in [1.29, 1.82) is 0 Å². The fourth-order valence-electron chi connectivity index (χ4n) is 1.93. The lowest BCUT2D eigenvalue weighted by atomic mass is 10.1. The van der Waals surface area contributed by atoms with Crippen LogP contribution >= 0.6 is 11.8 Å². The largest absolute Gasteiger partial charge is 0.504 e. The van der Waals surface area contributed by atoms with Crippen LogP contribution in [-0.2, 0) is 6.42 Å². The summed E-state index contributed by atoms with van der Waals surface area (Å²) < 4.78 is 5.25. The van der Waals surface area contributed by atoms with E-state index in [9.17, 15) is 5.11 Å². The number of ether oxygens (including phenoxy) is 1. The second-order valence-electron chi connectivity index (χ2n) is 5.80. The number of nitrogens with zero attached hydrogens (tertiary/aromatic N) is 1. The number of para-hydroxylation sites is 1. The summed E-state index contributed by atoms with van der Waals surface area (Å²) >= 11 is 1.80. The molecule has 0 saturated heterocycles. The first-order chi connectivity index (χ1) is 10.9. The first-order valence-corrected chi connectivity index (χ1v) is 9.08. The summed E-state index contributed by atoms with van der Waals surface area (Å²) in [7, 11) is 1.56. The number of phenolic OH excluding ortho intramolecular Hbond substituents is 1. The molecule has 1 aromatic carbocycles. The van der Waals surface area contributed by atoms with E-state index in [0.717, 1.165) is 24.6 Å². The van der Waals surface area contributed by atoms with Crippen molar-refractivity contribution in [2.75, 3.05) is 33.0 Å². The van der Waals surface area contributed by atoms with Gasteiger partial charge in [-0.2, -0.15) is 11.8 Å². The van der Waals surface area contributed by atoms with Crippen LogP contribution in [-0.4, -0.2) is 48.8 Å². The summed E-state index contributed by atoms with van der Waals surface area (Å²) in [6.45, 7) is 8.65. The molecule has 0 aliphatic rings. The van der Waals surface area contributed by atoms with Gasteiger partial charge in [-0.1, -0.05) is 12.1 Å². The molecule has 6 heteroatoms. The van der Waals surface area contributed by atoms with Crippen molar-refractivity contribution in [1.82, 2.24) is 10.6 Å². The third-order valence-corrected chi connectivity index (χ3v) is 4.74. The smallest absolute Gasteiger partial charge is 0.191 e. The highest BCUT2D eigenvalue weighted by Gasteiger charge is 2.15. The Labute approximate surface area is 143 Å². The van der Waals surface area contributed by atoms with Crippen molar-refractivity contribution in [3.63, 3.8) is 0 Å². The second-order valence-corrected chi connectivity index (χ2v) is 7.32. The average Bonchev–Trinajstić information content (AvgIpc) is 2.54. The minimum atomic E-state index is 0.118. The lowest BCUT2D eigenvalue weighted by Crippen LogP contribution is -2.39. The van der Waals surface area contributed by atoms with Crippen LogP contribution in [0.3, 0.4) is 0 Å². The number of hydrogen-bond donors (Lipinski definition) is 3. The van der Waals surface area contributed by atoms with Crippen LogP contribution < -0.4 is 15.4 Å². The van der Waals surface area contributed by atoms with Crippen LogP contribution in [0.2, 0.25) is 0 Å². The molecule has 0 amide bonds. The Hall–Kier alpha value is -1.56. The molecule has 0 radical (unpaired) electrons. The summed E-state index contributed by atoms with van der Waals surface area (Å²) in [6.07, 6.45) is 2.79. The maximum atomic E-state index is 10.1. The van der Waals surface area contributed by atoms with Crippen molar-refractivity contribution < 1.29 is 9.84 Å². The highest BCUT2D eigenvalue weighted by molar-refractivity contribution is 7.99. The molecular weight excluding hydrogens is 310 g/mol.